The molecular weight excluding hydrogens is 187 g/mol. The lowest BCUT2D eigenvalue weighted by Crippen LogP contribution is -2.20. The Morgan fingerprint density at radius 3 is 2.82 bits per heavy atom. The largest absolute Gasteiger partial charge is 0.366 e. The maximum atomic E-state index is 10.6. The fourth-order valence-electron chi connectivity index (χ4n) is 0.740. The molecule has 1 aliphatic rings. The predicted octanol–water partition coefficient (Wildman–Crippen LogP) is 0.948. The Bertz CT molecular complexity index is 247. The van der Waals surface area contributed by atoms with Crippen molar-refractivity contribution in [2.45, 2.75) is 0 Å². The minimum Gasteiger partial charge on any atom is -0.366 e. The third-order valence-corrected chi connectivity index (χ3v) is 1.78. The molecule has 60 valence electrons. The van der Waals surface area contributed by atoms with Crippen molar-refractivity contribution in [3.05, 3.63) is 22.9 Å². The highest BCUT2D eigenvalue weighted by atomic mass is 35.5. The monoisotopic (exact) mass is 192 g/mol. The fraction of sp³-hybridized carbons (Fsp3) is 0.167. The molecule has 1 heterocycles. The Balaban J connectivity index is 2.86. The number of hydrogen-bond acceptors (Lipinski definition) is 2. The molecule has 0 atom stereocenters. The summed E-state index contributed by atoms with van der Waals surface area (Å²) in [4.78, 5) is 10.6. The molecule has 0 fully saturated rings. The van der Waals surface area contributed by atoms with Crippen molar-refractivity contribution in [3.8, 4) is 0 Å². The number of nitrogens with zero attached hydrogens (tertiary/aromatic N) is 1. The SMILES string of the molecule is NC(=O)C1=CCN(Cl)C=C1Cl. The van der Waals surface area contributed by atoms with E-state index in [0.717, 1.165) is 0 Å². The number of primary amides is 1. The molecule has 0 saturated carbocycles. The van der Waals surface area contributed by atoms with E-state index in [2.05, 4.69) is 0 Å². The molecule has 0 bridgehead atoms. The lowest BCUT2D eigenvalue weighted by Gasteiger charge is -2.14. The first kappa shape index (κ1) is 8.43. The number of amides is 1. The van der Waals surface area contributed by atoms with Gasteiger partial charge in [-0.2, -0.15) is 0 Å². The van der Waals surface area contributed by atoms with Crippen LogP contribution in [0.4, 0.5) is 0 Å². The van der Waals surface area contributed by atoms with Crippen LogP contribution in [0.25, 0.3) is 0 Å². The number of nitrogens with two attached hydrogens (primary N) is 1. The van der Waals surface area contributed by atoms with Gasteiger partial charge in [0.05, 0.1) is 17.2 Å². The maximum Gasteiger partial charge on any atom is 0.250 e. The van der Waals surface area contributed by atoms with Crippen molar-refractivity contribution in [1.29, 1.82) is 0 Å². The van der Waals surface area contributed by atoms with Gasteiger partial charge in [0.25, 0.3) is 0 Å². The van der Waals surface area contributed by atoms with Crippen LogP contribution in [0, 0.1) is 0 Å². The molecule has 0 radical (unpaired) electrons. The summed E-state index contributed by atoms with van der Waals surface area (Å²) in [7, 11) is 0. The van der Waals surface area contributed by atoms with E-state index in [0.29, 0.717) is 12.1 Å². The standard InChI is InChI=1S/C6H6Cl2N2O/c7-5-3-10(8)2-1-4(5)6(9)11/h1,3H,2H2,(H2,9,11). The van der Waals surface area contributed by atoms with E-state index in [4.69, 9.17) is 29.1 Å². The third-order valence-electron chi connectivity index (χ3n) is 1.25. The van der Waals surface area contributed by atoms with Crippen molar-refractivity contribution < 1.29 is 4.79 Å². The normalized spacial score (nSPS) is 17.5. The predicted molar refractivity (Wildman–Crippen MR) is 43.8 cm³/mol. The van der Waals surface area contributed by atoms with E-state index in [1.807, 2.05) is 0 Å². The molecule has 0 aromatic rings. The van der Waals surface area contributed by atoms with E-state index in [-0.39, 0.29) is 5.03 Å². The molecule has 0 aromatic heterocycles. The zero-order valence-electron chi connectivity index (χ0n) is 5.55. The zero-order valence-corrected chi connectivity index (χ0v) is 7.06. The van der Waals surface area contributed by atoms with Gasteiger partial charge in [-0.3, -0.25) is 9.21 Å². The first-order chi connectivity index (χ1) is 5.11. The van der Waals surface area contributed by atoms with Gasteiger partial charge < -0.3 is 5.73 Å². The minimum absolute atomic E-state index is 0.277. The second-order valence-corrected chi connectivity index (χ2v) is 2.88. The third kappa shape index (κ3) is 1.88. The number of carbonyl (C=O) groups is 1. The summed E-state index contributed by atoms with van der Waals surface area (Å²) in [5, 5.41) is 0.277. The highest BCUT2D eigenvalue weighted by Gasteiger charge is 2.14. The van der Waals surface area contributed by atoms with Crippen molar-refractivity contribution in [3.63, 3.8) is 0 Å². The van der Waals surface area contributed by atoms with Gasteiger partial charge in [0.1, 0.15) is 0 Å². The average Bonchev–Trinajstić information content (AvgIpc) is 1.85. The second-order valence-electron chi connectivity index (χ2n) is 2.04. The van der Waals surface area contributed by atoms with E-state index >= 15 is 0 Å². The molecule has 5 heteroatoms. The van der Waals surface area contributed by atoms with Crippen molar-refractivity contribution >= 4 is 29.3 Å². The molecule has 2 N–H and O–H groups in total. The van der Waals surface area contributed by atoms with Crippen LogP contribution >= 0.6 is 23.4 Å². The molecule has 0 aromatic carbocycles. The number of hydrogen-bond donors (Lipinski definition) is 1. The Morgan fingerprint density at radius 1 is 1.73 bits per heavy atom. The summed E-state index contributed by atoms with van der Waals surface area (Å²) < 4.78 is 1.34. The molecule has 0 unspecified atom stereocenters. The highest BCUT2D eigenvalue weighted by Crippen LogP contribution is 2.20. The van der Waals surface area contributed by atoms with Crippen molar-refractivity contribution in [2.75, 3.05) is 6.54 Å². The zero-order chi connectivity index (χ0) is 8.43. The van der Waals surface area contributed by atoms with Crippen LogP contribution < -0.4 is 5.73 Å². The van der Waals surface area contributed by atoms with Gasteiger partial charge in [-0.1, -0.05) is 11.6 Å². The average molecular weight is 193 g/mol. The molecular formula is C6H6Cl2N2O. The molecule has 11 heavy (non-hydrogen) atoms. The smallest absolute Gasteiger partial charge is 0.250 e. The summed E-state index contributed by atoms with van der Waals surface area (Å²) in [6.45, 7) is 0.441. The number of rotatable bonds is 1. The van der Waals surface area contributed by atoms with E-state index in [1.54, 1.807) is 6.08 Å². The van der Waals surface area contributed by atoms with Crippen LogP contribution in [0.3, 0.4) is 0 Å². The molecule has 1 rings (SSSR count). The van der Waals surface area contributed by atoms with Crippen molar-refractivity contribution in [2.24, 2.45) is 5.73 Å². The molecule has 1 aliphatic heterocycles. The van der Waals surface area contributed by atoms with Gasteiger partial charge in [0.15, 0.2) is 0 Å². The molecule has 0 spiro atoms. The van der Waals surface area contributed by atoms with E-state index in [9.17, 15) is 4.79 Å². The Morgan fingerprint density at radius 2 is 2.36 bits per heavy atom. The second kappa shape index (κ2) is 3.15. The van der Waals surface area contributed by atoms with Gasteiger partial charge in [-0.15, -0.1) is 0 Å². The summed E-state index contributed by atoms with van der Waals surface area (Å²) in [5.74, 6) is -0.531. The lowest BCUT2D eigenvalue weighted by atomic mass is 10.2. The molecule has 0 saturated heterocycles. The topological polar surface area (TPSA) is 46.3 Å². The summed E-state index contributed by atoms with van der Waals surface area (Å²) in [6, 6.07) is 0. The van der Waals surface area contributed by atoms with Crippen LogP contribution in [-0.4, -0.2) is 16.9 Å². The highest BCUT2D eigenvalue weighted by molar-refractivity contribution is 6.35. The molecule has 1 amide bonds. The Labute approximate surface area is 74.2 Å². The van der Waals surface area contributed by atoms with Gasteiger partial charge in [0, 0.05) is 18.0 Å². The van der Waals surface area contributed by atoms with E-state index in [1.165, 1.54) is 10.6 Å². The van der Waals surface area contributed by atoms with Crippen molar-refractivity contribution in [1.82, 2.24) is 4.42 Å². The summed E-state index contributed by atoms with van der Waals surface area (Å²) in [5.41, 5.74) is 5.33. The van der Waals surface area contributed by atoms with Gasteiger partial charge in [-0.25, -0.2) is 0 Å². The van der Waals surface area contributed by atoms with Crippen LogP contribution in [0.2, 0.25) is 0 Å². The Kier molecular flexibility index (Phi) is 2.42. The van der Waals surface area contributed by atoms with Gasteiger partial charge in [-0.05, 0) is 6.08 Å². The first-order valence-electron chi connectivity index (χ1n) is 2.91. The van der Waals surface area contributed by atoms with Crippen LogP contribution in [0.1, 0.15) is 0 Å². The minimum atomic E-state index is -0.531. The summed E-state index contributed by atoms with van der Waals surface area (Å²) >= 11 is 11.2. The first-order valence-corrected chi connectivity index (χ1v) is 3.63. The fourth-order valence-corrected chi connectivity index (χ4v) is 1.24. The van der Waals surface area contributed by atoms with Crippen LogP contribution in [-0.2, 0) is 4.79 Å². The quantitative estimate of drug-likeness (QED) is 0.630. The van der Waals surface area contributed by atoms with E-state index < -0.39 is 5.91 Å². The molecule has 0 aliphatic carbocycles. The lowest BCUT2D eigenvalue weighted by molar-refractivity contribution is -0.114. The van der Waals surface area contributed by atoms with Gasteiger partial charge >= 0.3 is 0 Å². The Hall–Kier alpha value is -0.670. The number of halogens is 2. The maximum absolute atomic E-state index is 10.6. The number of carbonyl (C=O) groups excluding carboxylic acids is 1. The summed E-state index contributed by atoms with van der Waals surface area (Å²) in [6.07, 6.45) is 3.03. The van der Waals surface area contributed by atoms with Gasteiger partial charge in [0.2, 0.25) is 5.91 Å². The van der Waals surface area contributed by atoms with Crippen LogP contribution in [0.5, 0.6) is 0 Å². The van der Waals surface area contributed by atoms with Crippen LogP contribution in [0.15, 0.2) is 22.9 Å². The molecule has 3 nitrogen and oxygen atoms in total.